The van der Waals surface area contributed by atoms with Crippen LogP contribution in [0.3, 0.4) is 0 Å². The number of hydrogen-bond acceptors (Lipinski definition) is 3. The minimum Gasteiger partial charge on any atom is -0.487 e. The number of rotatable bonds is 7. The number of anilines is 1. The molecule has 0 aliphatic heterocycles. The Balaban J connectivity index is 1.95. The van der Waals surface area contributed by atoms with Crippen molar-refractivity contribution < 1.29 is 14.3 Å². The number of amides is 1. The van der Waals surface area contributed by atoms with Crippen molar-refractivity contribution in [2.24, 2.45) is 0 Å². The summed E-state index contributed by atoms with van der Waals surface area (Å²) in [5.41, 5.74) is 0.581. The van der Waals surface area contributed by atoms with Gasteiger partial charge in [0, 0.05) is 0 Å². The van der Waals surface area contributed by atoms with Crippen molar-refractivity contribution in [3.8, 4) is 11.5 Å². The van der Waals surface area contributed by atoms with Gasteiger partial charge in [-0.15, -0.1) is 0 Å². The molecule has 2 rings (SSSR count). The molecule has 0 heterocycles. The molecular formula is C17H16ClNO3. The molecule has 22 heavy (non-hydrogen) atoms. The Morgan fingerprint density at radius 3 is 2.50 bits per heavy atom. The summed E-state index contributed by atoms with van der Waals surface area (Å²) in [6, 6.07) is 14.2. The highest BCUT2D eigenvalue weighted by atomic mass is 35.5. The monoisotopic (exact) mass is 317 g/mol. The zero-order valence-corrected chi connectivity index (χ0v) is 12.7. The molecule has 1 amide bonds. The molecule has 114 valence electrons. The van der Waals surface area contributed by atoms with Gasteiger partial charge in [0.2, 0.25) is 0 Å². The molecule has 2 aromatic rings. The van der Waals surface area contributed by atoms with E-state index in [9.17, 15) is 4.79 Å². The molecule has 0 bridgehead atoms. The number of halogens is 1. The highest BCUT2D eigenvalue weighted by Gasteiger charge is 2.09. The van der Waals surface area contributed by atoms with Crippen LogP contribution in [0.15, 0.2) is 61.2 Å². The molecular weight excluding hydrogens is 302 g/mol. The maximum atomic E-state index is 12.0. The Bertz CT molecular complexity index is 658. The first-order valence-electron chi connectivity index (χ1n) is 6.70. The lowest BCUT2D eigenvalue weighted by Crippen LogP contribution is -2.20. The van der Waals surface area contributed by atoms with Gasteiger partial charge in [-0.2, -0.15) is 0 Å². The van der Waals surface area contributed by atoms with Gasteiger partial charge in [0.1, 0.15) is 18.1 Å². The Labute approximate surface area is 134 Å². The van der Waals surface area contributed by atoms with Crippen LogP contribution in [0.2, 0.25) is 5.02 Å². The van der Waals surface area contributed by atoms with Gasteiger partial charge in [-0.1, -0.05) is 48.5 Å². The number of benzene rings is 2. The van der Waals surface area contributed by atoms with Crippen LogP contribution in [0.1, 0.15) is 0 Å². The number of para-hydroxylation sites is 3. The number of carbonyl (C=O) groups is 1. The van der Waals surface area contributed by atoms with Crippen LogP contribution < -0.4 is 14.8 Å². The molecule has 0 fully saturated rings. The van der Waals surface area contributed by atoms with Crippen molar-refractivity contribution >= 4 is 23.2 Å². The summed E-state index contributed by atoms with van der Waals surface area (Å²) in [6.07, 6.45) is 1.64. The maximum Gasteiger partial charge on any atom is 0.262 e. The fourth-order valence-electron chi connectivity index (χ4n) is 1.74. The minimum absolute atomic E-state index is 0.139. The molecule has 0 radical (unpaired) electrons. The molecule has 5 heteroatoms. The Morgan fingerprint density at radius 2 is 1.77 bits per heavy atom. The van der Waals surface area contributed by atoms with Gasteiger partial charge in [0.25, 0.3) is 5.91 Å². The molecule has 1 N–H and O–H groups in total. The number of ether oxygens (including phenoxy) is 2. The standard InChI is InChI=1S/C17H16ClNO3/c1-2-11-21-16-10-6-4-8-14(16)19-17(20)12-22-15-9-5-3-7-13(15)18/h2-10H,1,11-12H2,(H,19,20). The van der Waals surface area contributed by atoms with E-state index in [-0.39, 0.29) is 12.5 Å². The highest BCUT2D eigenvalue weighted by Crippen LogP contribution is 2.25. The molecule has 2 aromatic carbocycles. The normalized spacial score (nSPS) is 9.86. The van der Waals surface area contributed by atoms with E-state index < -0.39 is 0 Å². The van der Waals surface area contributed by atoms with Crippen LogP contribution in [-0.2, 0) is 4.79 Å². The quantitative estimate of drug-likeness (QED) is 0.787. The van der Waals surface area contributed by atoms with Crippen LogP contribution >= 0.6 is 11.6 Å². The molecule has 0 aromatic heterocycles. The lowest BCUT2D eigenvalue weighted by atomic mass is 10.3. The van der Waals surface area contributed by atoms with Crippen molar-refractivity contribution in [1.82, 2.24) is 0 Å². The number of carbonyl (C=O) groups excluding carboxylic acids is 1. The van der Waals surface area contributed by atoms with Crippen molar-refractivity contribution in [2.45, 2.75) is 0 Å². The zero-order chi connectivity index (χ0) is 15.8. The number of nitrogens with one attached hydrogen (secondary N) is 1. The van der Waals surface area contributed by atoms with Crippen LogP contribution in [0.25, 0.3) is 0 Å². The van der Waals surface area contributed by atoms with E-state index in [1.54, 1.807) is 42.5 Å². The Morgan fingerprint density at radius 1 is 1.09 bits per heavy atom. The van der Waals surface area contributed by atoms with Gasteiger partial charge >= 0.3 is 0 Å². The van der Waals surface area contributed by atoms with Crippen LogP contribution in [-0.4, -0.2) is 19.1 Å². The van der Waals surface area contributed by atoms with Crippen LogP contribution in [0.5, 0.6) is 11.5 Å². The molecule has 4 nitrogen and oxygen atoms in total. The van der Waals surface area contributed by atoms with Crippen LogP contribution in [0.4, 0.5) is 5.69 Å². The first-order chi connectivity index (χ1) is 10.7. The highest BCUT2D eigenvalue weighted by molar-refractivity contribution is 6.32. The largest absolute Gasteiger partial charge is 0.487 e. The van der Waals surface area contributed by atoms with Gasteiger partial charge in [-0.05, 0) is 24.3 Å². The van der Waals surface area contributed by atoms with Crippen molar-refractivity contribution in [3.05, 3.63) is 66.2 Å². The van der Waals surface area contributed by atoms with Gasteiger partial charge in [-0.25, -0.2) is 0 Å². The van der Waals surface area contributed by atoms with Gasteiger partial charge in [0.05, 0.1) is 10.7 Å². The van der Waals surface area contributed by atoms with E-state index in [0.717, 1.165) is 0 Å². The lowest BCUT2D eigenvalue weighted by molar-refractivity contribution is -0.118. The van der Waals surface area contributed by atoms with Gasteiger partial charge in [-0.3, -0.25) is 4.79 Å². The fraction of sp³-hybridized carbons (Fsp3) is 0.118. The van der Waals surface area contributed by atoms with Crippen molar-refractivity contribution in [2.75, 3.05) is 18.5 Å². The minimum atomic E-state index is -0.297. The van der Waals surface area contributed by atoms with Crippen molar-refractivity contribution in [3.63, 3.8) is 0 Å². The second-order valence-electron chi connectivity index (χ2n) is 4.36. The average molecular weight is 318 g/mol. The summed E-state index contributed by atoms with van der Waals surface area (Å²) in [7, 11) is 0. The van der Waals surface area contributed by atoms with E-state index in [2.05, 4.69) is 11.9 Å². The van der Waals surface area contributed by atoms with Crippen molar-refractivity contribution in [1.29, 1.82) is 0 Å². The predicted octanol–water partition coefficient (Wildman–Crippen LogP) is 3.92. The third kappa shape index (κ3) is 4.53. The summed E-state index contributed by atoms with van der Waals surface area (Å²) in [5, 5.41) is 3.21. The third-order valence-electron chi connectivity index (χ3n) is 2.71. The maximum absolute atomic E-state index is 12.0. The molecule has 0 saturated carbocycles. The first-order valence-corrected chi connectivity index (χ1v) is 7.08. The predicted molar refractivity (Wildman–Crippen MR) is 87.7 cm³/mol. The van der Waals surface area contributed by atoms with E-state index in [1.165, 1.54) is 0 Å². The molecule has 0 aliphatic carbocycles. The molecule has 0 atom stereocenters. The Hall–Kier alpha value is -2.46. The van der Waals surface area contributed by atoms with E-state index in [0.29, 0.717) is 28.8 Å². The molecule has 0 unspecified atom stereocenters. The summed E-state index contributed by atoms with van der Waals surface area (Å²) >= 11 is 5.96. The molecule has 0 saturated heterocycles. The molecule has 0 spiro atoms. The van der Waals surface area contributed by atoms with Crippen LogP contribution in [0, 0.1) is 0 Å². The summed E-state index contributed by atoms with van der Waals surface area (Å²) in [5.74, 6) is 0.749. The van der Waals surface area contributed by atoms with Gasteiger partial charge in [0.15, 0.2) is 6.61 Å². The Kier molecular flexibility index (Phi) is 5.86. The summed E-state index contributed by atoms with van der Waals surface area (Å²) < 4.78 is 10.9. The smallest absolute Gasteiger partial charge is 0.262 e. The zero-order valence-electron chi connectivity index (χ0n) is 11.9. The second-order valence-corrected chi connectivity index (χ2v) is 4.77. The van der Waals surface area contributed by atoms with Gasteiger partial charge < -0.3 is 14.8 Å². The van der Waals surface area contributed by atoms with E-state index >= 15 is 0 Å². The first kappa shape index (κ1) is 15.9. The fourth-order valence-corrected chi connectivity index (χ4v) is 1.93. The lowest BCUT2D eigenvalue weighted by Gasteiger charge is -2.12. The topological polar surface area (TPSA) is 47.6 Å². The van der Waals surface area contributed by atoms with E-state index in [1.807, 2.05) is 12.1 Å². The summed E-state index contributed by atoms with van der Waals surface area (Å²) in [6.45, 7) is 3.82. The SMILES string of the molecule is C=CCOc1ccccc1NC(=O)COc1ccccc1Cl. The molecule has 0 aliphatic rings. The summed E-state index contributed by atoms with van der Waals surface area (Å²) in [4.78, 5) is 12.0. The number of hydrogen-bond donors (Lipinski definition) is 1. The second kappa shape index (κ2) is 8.10. The average Bonchev–Trinajstić information content (AvgIpc) is 2.53. The van der Waals surface area contributed by atoms with E-state index in [4.69, 9.17) is 21.1 Å². The third-order valence-corrected chi connectivity index (χ3v) is 3.03.